The van der Waals surface area contributed by atoms with E-state index in [1.54, 1.807) is 0 Å². The molecule has 0 radical (unpaired) electrons. The number of rotatable bonds is 4. The van der Waals surface area contributed by atoms with Crippen LogP contribution in [0, 0.1) is 0 Å². The number of likely N-dealkylation sites (N-methyl/N-ethyl adjacent to an activating group) is 1. The number of anilines is 1. The van der Waals surface area contributed by atoms with E-state index in [1.165, 1.54) is 0 Å². The average Bonchev–Trinajstić information content (AvgIpc) is 2.67. The summed E-state index contributed by atoms with van der Waals surface area (Å²) < 4.78 is 5.97. The molecule has 0 aliphatic carbocycles. The minimum absolute atomic E-state index is 0.0576. The molecular weight excluding hydrogens is 326 g/mol. The van der Waals surface area contributed by atoms with Crippen LogP contribution in [0.4, 0.5) is 5.69 Å². The van der Waals surface area contributed by atoms with Crippen molar-refractivity contribution < 1.29 is 4.74 Å². The number of nitrogens with one attached hydrogen (secondary N) is 1. The van der Waals surface area contributed by atoms with Crippen molar-refractivity contribution in [3.05, 3.63) is 70.5 Å². The largest absolute Gasteiger partial charge is 0.487 e. The highest BCUT2D eigenvalue weighted by atomic mass is 16.5. The average molecular weight is 349 g/mol. The lowest BCUT2D eigenvalue weighted by molar-refractivity contribution is 0.309. The molecule has 0 atom stereocenters. The number of aromatic nitrogens is 1. The first-order valence-electron chi connectivity index (χ1n) is 8.97. The van der Waals surface area contributed by atoms with Crippen molar-refractivity contribution >= 4 is 16.6 Å². The SMILES string of the molecule is CN1CCN(c2cc3cccc(OCc4ccccc4)c3[nH]c2=O)CC1. The zero-order valence-electron chi connectivity index (χ0n) is 14.9. The number of H-pyrrole nitrogens is 1. The smallest absolute Gasteiger partial charge is 0.272 e. The molecule has 4 rings (SSSR count). The van der Waals surface area contributed by atoms with Gasteiger partial charge in [0.05, 0.1) is 5.52 Å². The van der Waals surface area contributed by atoms with E-state index in [2.05, 4.69) is 21.8 Å². The molecule has 1 fully saturated rings. The molecule has 0 unspecified atom stereocenters. The summed E-state index contributed by atoms with van der Waals surface area (Å²) in [7, 11) is 2.11. The number of para-hydroxylation sites is 1. The number of hydrogen-bond donors (Lipinski definition) is 1. The molecule has 2 aromatic carbocycles. The van der Waals surface area contributed by atoms with E-state index >= 15 is 0 Å². The van der Waals surface area contributed by atoms with Crippen LogP contribution in [0.2, 0.25) is 0 Å². The van der Waals surface area contributed by atoms with Gasteiger partial charge in [-0.15, -0.1) is 0 Å². The molecule has 1 aliphatic rings. The van der Waals surface area contributed by atoms with Crippen molar-refractivity contribution in [3.8, 4) is 5.75 Å². The summed E-state index contributed by atoms with van der Waals surface area (Å²) >= 11 is 0. The number of fused-ring (bicyclic) bond motifs is 1. The molecule has 0 amide bonds. The summed E-state index contributed by atoms with van der Waals surface area (Å²) in [5.74, 6) is 0.702. The maximum atomic E-state index is 12.7. The number of nitrogens with zero attached hydrogens (tertiary/aromatic N) is 2. The fraction of sp³-hybridized carbons (Fsp3) is 0.286. The van der Waals surface area contributed by atoms with E-state index in [0.717, 1.165) is 48.3 Å². The number of aromatic amines is 1. The summed E-state index contributed by atoms with van der Waals surface area (Å²) in [5, 5.41) is 0.990. The van der Waals surface area contributed by atoms with Crippen LogP contribution < -0.4 is 15.2 Å². The van der Waals surface area contributed by atoms with Crippen molar-refractivity contribution in [1.82, 2.24) is 9.88 Å². The van der Waals surface area contributed by atoms with Gasteiger partial charge in [0.25, 0.3) is 5.56 Å². The first-order valence-corrected chi connectivity index (χ1v) is 8.97. The molecule has 1 aromatic heterocycles. The number of piperazine rings is 1. The van der Waals surface area contributed by atoms with Gasteiger partial charge in [-0.2, -0.15) is 0 Å². The van der Waals surface area contributed by atoms with E-state index in [0.29, 0.717) is 12.4 Å². The van der Waals surface area contributed by atoms with Gasteiger partial charge in [0.2, 0.25) is 0 Å². The van der Waals surface area contributed by atoms with Gasteiger partial charge < -0.3 is 19.5 Å². The van der Waals surface area contributed by atoms with Crippen LogP contribution in [0.25, 0.3) is 10.9 Å². The number of ether oxygens (including phenoxy) is 1. The van der Waals surface area contributed by atoms with E-state index < -0.39 is 0 Å². The number of benzene rings is 2. The summed E-state index contributed by atoms with van der Waals surface area (Å²) in [4.78, 5) is 20.2. The summed E-state index contributed by atoms with van der Waals surface area (Å²) in [6.07, 6.45) is 0. The molecule has 1 saturated heterocycles. The van der Waals surface area contributed by atoms with E-state index in [-0.39, 0.29) is 5.56 Å². The maximum Gasteiger partial charge on any atom is 0.272 e. The Hall–Kier alpha value is -2.79. The second kappa shape index (κ2) is 7.22. The van der Waals surface area contributed by atoms with Crippen molar-refractivity contribution in [3.63, 3.8) is 0 Å². The minimum atomic E-state index is -0.0576. The monoisotopic (exact) mass is 349 g/mol. The van der Waals surface area contributed by atoms with Crippen molar-refractivity contribution in [2.24, 2.45) is 0 Å². The third kappa shape index (κ3) is 3.44. The van der Waals surface area contributed by atoms with Crippen molar-refractivity contribution in [2.75, 3.05) is 38.1 Å². The normalized spacial score (nSPS) is 15.3. The minimum Gasteiger partial charge on any atom is -0.487 e. The fourth-order valence-electron chi connectivity index (χ4n) is 3.33. The van der Waals surface area contributed by atoms with Gasteiger partial charge in [-0.3, -0.25) is 4.79 Å². The molecule has 26 heavy (non-hydrogen) atoms. The number of pyridine rings is 1. The quantitative estimate of drug-likeness (QED) is 0.787. The second-order valence-electron chi connectivity index (χ2n) is 6.77. The Morgan fingerprint density at radius 1 is 1.00 bits per heavy atom. The number of hydrogen-bond acceptors (Lipinski definition) is 4. The van der Waals surface area contributed by atoms with E-state index in [9.17, 15) is 4.79 Å². The van der Waals surface area contributed by atoms with Crippen LogP contribution in [0.5, 0.6) is 5.75 Å². The highest BCUT2D eigenvalue weighted by Crippen LogP contribution is 2.26. The Morgan fingerprint density at radius 3 is 2.54 bits per heavy atom. The first kappa shape index (κ1) is 16.7. The molecule has 5 nitrogen and oxygen atoms in total. The Balaban J connectivity index is 1.62. The predicted molar refractivity (Wildman–Crippen MR) is 105 cm³/mol. The zero-order chi connectivity index (χ0) is 17.9. The van der Waals surface area contributed by atoms with Gasteiger partial charge >= 0.3 is 0 Å². The van der Waals surface area contributed by atoms with Crippen LogP contribution in [0.15, 0.2) is 59.4 Å². The third-order valence-electron chi connectivity index (χ3n) is 4.90. The molecule has 134 valence electrons. The molecule has 0 spiro atoms. The van der Waals surface area contributed by atoms with Crippen LogP contribution in [0.1, 0.15) is 5.56 Å². The van der Waals surface area contributed by atoms with Gasteiger partial charge in [-0.1, -0.05) is 42.5 Å². The summed E-state index contributed by atoms with van der Waals surface area (Å²) in [5.41, 5.74) is 2.54. The highest BCUT2D eigenvalue weighted by molar-refractivity contribution is 5.86. The molecular formula is C21H23N3O2. The Labute approximate surface area is 152 Å². The third-order valence-corrected chi connectivity index (χ3v) is 4.90. The Bertz CT molecular complexity index is 944. The van der Waals surface area contributed by atoms with Crippen molar-refractivity contribution in [1.29, 1.82) is 0 Å². The van der Waals surface area contributed by atoms with Gasteiger partial charge in [0.15, 0.2) is 0 Å². The van der Waals surface area contributed by atoms with E-state index in [4.69, 9.17) is 4.74 Å². The molecule has 1 aliphatic heterocycles. The summed E-state index contributed by atoms with van der Waals surface area (Å²) in [6.45, 7) is 4.15. The zero-order valence-corrected chi connectivity index (χ0v) is 14.9. The molecule has 3 aromatic rings. The first-order chi connectivity index (χ1) is 12.7. The molecule has 0 bridgehead atoms. The highest BCUT2D eigenvalue weighted by Gasteiger charge is 2.18. The van der Waals surface area contributed by atoms with Crippen LogP contribution in [0.3, 0.4) is 0 Å². The van der Waals surface area contributed by atoms with Gasteiger partial charge in [-0.25, -0.2) is 0 Å². The molecule has 5 heteroatoms. The van der Waals surface area contributed by atoms with Crippen LogP contribution in [-0.2, 0) is 6.61 Å². The van der Waals surface area contributed by atoms with Crippen LogP contribution in [-0.4, -0.2) is 43.1 Å². The lowest BCUT2D eigenvalue weighted by atomic mass is 10.1. The fourth-order valence-corrected chi connectivity index (χ4v) is 3.33. The molecule has 0 saturated carbocycles. The molecule has 1 N–H and O–H groups in total. The van der Waals surface area contributed by atoms with Crippen LogP contribution >= 0.6 is 0 Å². The lowest BCUT2D eigenvalue weighted by Gasteiger charge is -2.33. The Kier molecular flexibility index (Phi) is 4.63. The maximum absolute atomic E-state index is 12.7. The lowest BCUT2D eigenvalue weighted by Crippen LogP contribution is -2.46. The van der Waals surface area contributed by atoms with Gasteiger partial charge in [0, 0.05) is 31.6 Å². The van der Waals surface area contributed by atoms with E-state index in [1.807, 2.05) is 54.6 Å². The Morgan fingerprint density at radius 2 is 1.77 bits per heavy atom. The van der Waals surface area contributed by atoms with Gasteiger partial charge in [-0.05, 0) is 24.7 Å². The molecule has 2 heterocycles. The predicted octanol–water partition coefficient (Wildman–Crippen LogP) is 2.86. The topological polar surface area (TPSA) is 48.6 Å². The second-order valence-corrected chi connectivity index (χ2v) is 6.77. The summed E-state index contributed by atoms with van der Waals surface area (Å²) in [6, 6.07) is 17.9. The standard InChI is InChI=1S/C21H23N3O2/c1-23-10-12-24(13-11-23)18-14-17-8-5-9-19(20(17)22-21(18)25)26-15-16-6-3-2-4-7-16/h2-9,14H,10-13,15H2,1H3,(H,22,25). The van der Waals surface area contributed by atoms with Crippen molar-refractivity contribution in [2.45, 2.75) is 6.61 Å². The van der Waals surface area contributed by atoms with Gasteiger partial charge in [0.1, 0.15) is 18.0 Å².